The Hall–Kier alpha value is -2.08. The first kappa shape index (κ1) is 15.3. The highest BCUT2D eigenvalue weighted by Crippen LogP contribution is 2.29. The number of hydrogen-bond donors (Lipinski definition) is 0. The zero-order valence-corrected chi connectivity index (χ0v) is 12.8. The van der Waals surface area contributed by atoms with E-state index in [0.717, 1.165) is 5.56 Å². The van der Waals surface area contributed by atoms with E-state index < -0.39 is 9.84 Å². The van der Waals surface area contributed by atoms with E-state index in [-0.39, 0.29) is 10.6 Å². The lowest BCUT2D eigenvalue weighted by Crippen LogP contribution is -2.11. The van der Waals surface area contributed by atoms with Crippen molar-refractivity contribution in [2.75, 3.05) is 20.0 Å². The normalized spacial score (nSPS) is 11.1. The summed E-state index contributed by atoms with van der Waals surface area (Å²) in [5, 5.41) is 0. The zero-order valence-electron chi connectivity index (χ0n) is 11.9. The number of benzene rings is 1. The second-order valence-corrected chi connectivity index (χ2v) is 6.52. The largest absolute Gasteiger partial charge is 0.497 e. The van der Waals surface area contributed by atoms with Crippen molar-refractivity contribution in [2.45, 2.75) is 11.3 Å². The molecule has 0 atom stereocenters. The van der Waals surface area contributed by atoms with Gasteiger partial charge in [-0.1, -0.05) is 6.07 Å². The van der Waals surface area contributed by atoms with E-state index in [0.29, 0.717) is 17.9 Å². The number of sulfone groups is 1. The van der Waals surface area contributed by atoms with Crippen molar-refractivity contribution in [3.8, 4) is 11.5 Å². The summed E-state index contributed by atoms with van der Waals surface area (Å²) in [4.78, 5) is 4.13. The molecular weight excluding hydrogens is 290 g/mol. The van der Waals surface area contributed by atoms with Crippen LogP contribution in [0.4, 0.5) is 0 Å². The molecule has 1 heterocycles. The summed E-state index contributed by atoms with van der Waals surface area (Å²) in [5.74, 6) is 0.792. The van der Waals surface area contributed by atoms with Gasteiger partial charge in [0.15, 0.2) is 9.84 Å². The Balaban J connectivity index is 2.26. The third kappa shape index (κ3) is 3.72. The van der Waals surface area contributed by atoms with Crippen LogP contribution in [0.3, 0.4) is 0 Å². The van der Waals surface area contributed by atoms with Crippen LogP contribution in [-0.2, 0) is 16.3 Å². The molecule has 0 bridgehead atoms. The van der Waals surface area contributed by atoms with Crippen LogP contribution in [0.2, 0.25) is 0 Å². The van der Waals surface area contributed by atoms with Crippen LogP contribution in [-0.4, -0.2) is 33.4 Å². The fourth-order valence-corrected chi connectivity index (χ4v) is 3.41. The van der Waals surface area contributed by atoms with Gasteiger partial charge in [-0.15, -0.1) is 0 Å². The minimum atomic E-state index is -3.47. The number of ether oxygens (including phenoxy) is 2. The molecule has 21 heavy (non-hydrogen) atoms. The smallest absolute Gasteiger partial charge is 0.182 e. The maximum Gasteiger partial charge on any atom is 0.182 e. The second kappa shape index (κ2) is 6.58. The highest BCUT2D eigenvalue weighted by atomic mass is 32.2. The van der Waals surface area contributed by atoms with Gasteiger partial charge in [0.05, 0.1) is 20.0 Å². The summed E-state index contributed by atoms with van der Waals surface area (Å²) < 4.78 is 35.2. The molecular formula is C15H17NO4S. The maximum atomic E-state index is 12.5. The number of pyridine rings is 1. The standard InChI is InChI=1S/C15H17NO4S/c1-19-13-5-6-14(20-2)15(10-13)21(17,18)9-7-12-4-3-8-16-11-12/h3-6,8,10-11H,7,9H2,1-2H3. The average Bonchev–Trinajstić information content (AvgIpc) is 2.53. The van der Waals surface area contributed by atoms with Crippen molar-refractivity contribution in [3.63, 3.8) is 0 Å². The molecule has 0 aliphatic carbocycles. The number of methoxy groups -OCH3 is 2. The number of hydrogen-bond acceptors (Lipinski definition) is 5. The fraction of sp³-hybridized carbons (Fsp3) is 0.267. The molecule has 0 saturated carbocycles. The van der Waals surface area contributed by atoms with Crippen molar-refractivity contribution in [1.29, 1.82) is 0 Å². The van der Waals surface area contributed by atoms with Crippen molar-refractivity contribution in [1.82, 2.24) is 4.98 Å². The van der Waals surface area contributed by atoms with Gasteiger partial charge in [0.1, 0.15) is 16.4 Å². The molecule has 0 aliphatic heterocycles. The Morgan fingerprint density at radius 3 is 2.57 bits per heavy atom. The first-order chi connectivity index (χ1) is 10.1. The van der Waals surface area contributed by atoms with Crippen molar-refractivity contribution in [3.05, 3.63) is 48.3 Å². The molecule has 0 saturated heterocycles. The van der Waals surface area contributed by atoms with E-state index in [1.54, 1.807) is 30.6 Å². The molecule has 6 heteroatoms. The fourth-order valence-electron chi connectivity index (χ4n) is 1.94. The number of aromatic nitrogens is 1. The van der Waals surface area contributed by atoms with Crippen molar-refractivity contribution in [2.24, 2.45) is 0 Å². The van der Waals surface area contributed by atoms with E-state index in [4.69, 9.17) is 9.47 Å². The molecule has 0 unspecified atom stereocenters. The van der Waals surface area contributed by atoms with Gasteiger partial charge in [0.25, 0.3) is 0 Å². The lowest BCUT2D eigenvalue weighted by molar-refractivity contribution is 0.392. The monoisotopic (exact) mass is 307 g/mol. The molecule has 2 aromatic rings. The van der Waals surface area contributed by atoms with E-state index in [2.05, 4.69) is 4.98 Å². The minimum Gasteiger partial charge on any atom is -0.497 e. The molecule has 0 aliphatic rings. The van der Waals surface area contributed by atoms with Crippen LogP contribution in [0, 0.1) is 0 Å². The Morgan fingerprint density at radius 2 is 1.95 bits per heavy atom. The zero-order chi connectivity index (χ0) is 15.3. The van der Waals surface area contributed by atoms with Crippen LogP contribution in [0.1, 0.15) is 5.56 Å². The van der Waals surface area contributed by atoms with E-state index >= 15 is 0 Å². The lowest BCUT2D eigenvalue weighted by atomic mass is 10.2. The molecule has 0 spiro atoms. The predicted octanol–water partition coefficient (Wildman–Crippen LogP) is 2.12. The van der Waals surface area contributed by atoms with Gasteiger partial charge in [0.2, 0.25) is 0 Å². The molecule has 5 nitrogen and oxygen atoms in total. The van der Waals surface area contributed by atoms with Gasteiger partial charge < -0.3 is 9.47 Å². The van der Waals surface area contributed by atoms with Gasteiger partial charge in [-0.25, -0.2) is 8.42 Å². The van der Waals surface area contributed by atoms with Gasteiger partial charge in [-0.2, -0.15) is 0 Å². The van der Waals surface area contributed by atoms with Crippen LogP contribution in [0.25, 0.3) is 0 Å². The number of nitrogens with zero attached hydrogens (tertiary/aromatic N) is 1. The van der Waals surface area contributed by atoms with Crippen LogP contribution in [0.15, 0.2) is 47.6 Å². The van der Waals surface area contributed by atoms with Gasteiger partial charge >= 0.3 is 0 Å². The van der Waals surface area contributed by atoms with Gasteiger partial charge in [-0.05, 0) is 30.2 Å². The van der Waals surface area contributed by atoms with Crippen LogP contribution in [0.5, 0.6) is 11.5 Å². The average molecular weight is 307 g/mol. The molecule has 0 N–H and O–H groups in total. The lowest BCUT2D eigenvalue weighted by Gasteiger charge is -2.11. The van der Waals surface area contributed by atoms with Crippen molar-refractivity contribution < 1.29 is 17.9 Å². The molecule has 0 radical (unpaired) electrons. The third-order valence-corrected chi connectivity index (χ3v) is 4.82. The topological polar surface area (TPSA) is 65.5 Å². The van der Waals surface area contributed by atoms with Crippen LogP contribution >= 0.6 is 0 Å². The Bertz CT molecular complexity index is 699. The summed E-state index contributed by atoms with van der Waals surface area (Å²) in [6.45, 7) is 0. The molecule has 1 aromatic heterocycles. The Labute approximate surface area is 124 Å². The molecule has 0 fully saturated rings. The summed E-state index contributed by atoms with van der Waals surface area (Å²) >= 11 is 0. The van der Waals surface area contributed by atoms with Crippen molar-refractivity contribution >= 4 is 9.84 Å². The van der Waals surface area contributed by atoms with Gasteiger partial charge in [-0.3, -0.25) is 4.98 Å². The number of aryl methyl sites for hydroxylation is 1. The summed E-state index contributed by atoms with van der Waals surface area (Å²) in [6, 6.07) is 8.38. The Morgan fingerprint density at radius 1 is 1.14 bits per heavy atom. The third-order valence-electron chi connectivity index (χ3n) is 3.09. The molecule has 0 amide bonds. The highest BCUT2D eigenvalue weighted by Gasteiger charge is 2.20. The molecule has 2 rings (SSSR count). The first-order valence-electron chi connectivity index (χ1n) is 6.40. The summed E-state index contributed by atoms with van der Waals surface area (Å²) in [7, 11) is -0.526. The van der Waals surface area contributed by atoms with E-state index in [1.165, 1.54) is 20.3 Å². The quantitative estimate of drug-likeness (QED) is 0.818. The van der Waals surface area contributed by atoms with Gasteiger partial charge in [0, 0.05) is 18.5 Å². The molecule has 112 valence electrons. The van der Waals surface area contributed by atoms with E-state index in [9.17, 15) is 8.42 Å². The van der Waals surface area contributed by atoms with E-state index in [1.807, 2.05) is 6.07 Å². The summed E-state index contributed by atoms with van der Waals surface area (Å²) in [5.41, 5.74) is 0.878. The highest BCUT2D eigenvalue weighted by molar-refractivity contribution is 7.91. The van der Waals surface area contributed by atoms with Crippen LogP contribution < -0.4 is 9.47 Å². The minimum absolute atomic E-state index is 0.0117. The second-order valence-electron chi connectivity index (χ2n) is 4.45. The predicted molar refractivity (Wildman–Crippen MR) is 79.5 cm³/mol. The number of rotatable bonds is 6. The molecule has 1 aromatic carbocycles. The maximum absolute atomic E-state index is 12.5. The Kier molecular flexibility index (Phi) is 4.80. The summed E-state index contributed by atoms with van der Waals surface area (Å²) in [6.07, 6.45) is 3.72. The first-order valence-corrected chi connectivity index (χ1v) is 8.06. The SMILES string of the molecule is COc1ccc(OC)c(S(=O)(=O)CCc2cccnc2)c1.